The lowest BCUT2D eigenvalue weighted by atomic mass is 9.96. The summed E-state index contributed by atoms with van der Waals surface area (Å²) in [5.74, 6) is 0.105. The highest BCUT2D eigenvalue weighted by Crippen LogP contribution is 2.28. The SMILES string of the molecule is CCNC(CC(C)COC)c1cccc(OC(F)(F)F)c1. The summed E-state index contributed by atoms with van der Waals surface area (Å²) in [7, 11) is 1.64. The van der Waals surface area contributed by atoms with Crippen molar-refractivity contribution in [3.8, 4) is 5.75 Å². The maximum atomic E-state index is 12.3. The van der Waals surface area contributed by atoms with Crippen molar-refractivity contribution in [2.75, 3.05) is 20.3 Å². The van der Waals surface area contributed by atoms with Crippen LogP contribution in [0.1, 0.15) is 31.9 Å². The lowest BCUT2D eigenvalue weighted by Crippen LogP contribution is -2.24. The van der Waals surface area contributed by atoms with Crippen LogP contribution in [-0.4, -0.2) is 26.6 Å². The van der Waals surface area contributed by atoms with E-state index in [-0.39, 0.29) is 11.8 Å². The molecule has 0 bridgehead atoms. The van der Waals surface area contributed by atoms with Gasteiger partial charge in [0.25, 0.3) is 0 Å². The smallest absolute Gasteiger partial charge is 0.406 e. The molecule has 1 aromatic carbocycles. The van der Waals surface area contributed by atoms with E-state index in [0.717, 1.165) is 18.5 Å². The zero-order valence-corrected chi connectivity index (χ0v) is 12.5. The number of hydrogen-bond donors (Lipinski definition) is 1. The van der Waals surface area contributed by atoms with Crippen LogP contribution in [0.25, 0.3) is 0 Å². The van der Waals surface area contributed by atoms with Gasteiger partial charge in [-0.05, 0) is 36.6 Å². The Morgan fingerprint density at radius 1 is 1.29 bits per heavy atom. The van der Waals surface area contributed by atoms with Crippen LogP contribution < -0.4 is 10.1 Å². The molecule has 0 heterocycles. The van der Waals surface area contributed by atoms with Crippen LogP contribution in [0.4, 0.5) is 13.2 Å². The van der Waals surface area contributed by atoms with Crippen molar-refractivity contribution in [1.29, 1.82) is 0 Å². The first-order valence-corrected chi connectivity index (χ1v) is 6.93. The molecule has 0 aliphatic rings. The molecule has 0 amide bonds. The standard InChI is InChI=1S/C15H22F3NO2/c1-4-19-14(8-11(2)10-20-3)12-6-5-7-13(9-12)21-15(16,17)18/h5-7,9,11,14,19H,4,8,10H2,1-3H3. The molecular weight excluding hydrogens is 283 g/mol. The molecule has 0 fully saturated rings. The van der Waals surface area contributed by atoms with Gasteiger partial charge in [0.15, 0.2) is 0 Å². The number of halogens is 3. The maximum absolute atomic E-state index is 12.3. The van der Waals surface area contributed by atoms with Gasteiger partial charge in [0, 0.05) is 19.8 Å². The van der Waals surface area contributed by atoms with Crippen LogP contribution in [0.5, 0.6) is 5.75 Å². The minimum absolute atomic E-state index is 0.0306. The van der Waals surface area contributed by atoms with Gasteiger partial charge in [0.05, 0.1) is 0 Å². The van der Waals surface area contributed by atoms with E-state index in [9.17, 15) is 13.2 Å². The number of nitrogens with one attached hydrogen (secondary N) is 1. The topological polar surface area (TPSA) is 30.5 Å². The van der Waals surface area contributed by atoms with E-state index < -0.39 is 6.36 Å². The normalized spacial score (nSPS) is 14.8. The Morgan fingerprint density at radius 2 is 2.00 bits per heavy atom. The molecule has 0 radical (unpaired) electrons. The first kappa shape index (κ1) is 17.8. The van der Waals surface area contributed by atoms with Crippen molar-refractivity contribution in [2.24, 2.45) is 5.92 Å². The summed E-state index contributed by atoms with van der Waals surface area (Å²) in [6.07, 6.45) is -3.90. The molecule has 0 saturated carbocycles. The van der Waals surface area contributed by atoms with Crippen LogP contribution >= 0.6 is 0 Å². The summed E-state index contributed by atoms with van der Waals surface area (Å²) < 4.78 is 45.9. The largest absolute Gasteiger partial charge is 0.573 e. The van der Waals surface area contributed by atoms with Crippen molar-refractivity contribution in [3.63, 3.8) is 0 Å². The summed E-state index contributed by atoms with van der Waals surface area (Å²) in [5, 5.41) is 3.29. The van der Waals surface area contributed by atoms with Gasteiger partial charge in [-0.3, -0.25) is 0 Å². The Kier molecular flexibility index (Phi) is 6.98. The highest BCUT2D eigenvalue weighted by molar-refractivity contribution is 5.30. The summed E-state index contributed by atoms with van der Waals surface area (Å²) in [4.78, 5) is 0. The predicted molar refractivity (Wildman–Crippen MR) is 75.2 cm³/mol. The van der Waals surface area contributed by atoms with E-state index in [2.05, 4.69) is 10.1 Å². The molecule has 2 unspecified atom stereocenters. The Hall–Kier alpha value is -1.27. The number of ether oxygens (including phenoxy) is 2. The molecule has 0 aliphatic heterocycles. The maximum Gasteiger partial charge on any atom is 0.573 e. The number of alkyl halides is 3. The Balaban J connectivity index is 2.84. The van der Waals surface area contributed by atoms with E-state index in [1.165, 1.54) is 12.1 Å². The highest BCUT2D eigenvalue weighted by Gasteiger charge is 2.31. The number of methoxy groups -OCH3 is 1. The van der Waals surface area contributed by atoms with Gasteiger partial charge in [-0.1, -0.05) is 26.0 Å². The zero-order chi connectivity index (χ0) is 15.9. The molecule has 0 spiro atoms. The lowest BCUT2D eigenvalue weighted by Gasteiger charge is -2.22. The molecule has 120 valence electrons. The third-order valence-electron chi connectivity index (χ3n) is 3.03. The molecule has 6 heteroatoms. The van der Waals surface area contributed by atoms with Gasteiger partial charge in [-0.15, -0.1) is 13.2 Å². The van der Waals surface area contributed by atoms with Crippen LogP contribution in [0, 0.1) is 5.92 Å². The summed E-state index contributed by atoms with van der Waals surface area (Å²) in [6.45, 7) is 5.35. The average molecular weight is 305 g/mol. The van der Waals surface area contributed by atoms with Crippen LogP contribution in [0.15, 0.2) is 24.3 Å². The van der Waals surface area contributed by atoms with E-state index in [0.29, 0.717) is 12.5 Å². The molecule has 2 atom stereocenters. The predicted octanol–water partition coefficient (Wildman–Crippen LogP) is 3.91. The fraction of sp³-hybridized carbons (Fsp3) is 0.600. The van der Waals surface area contributed by atoms with Crippen LogP contribution in [-0.2, 0) is 4.74 Å². The van der Waals surface area contributed by atoms with E-state index in [4.69, 9.17) is 4.74 Å². The van der Waals surface area contributed by atoms with Crippen LogP contribution in [0.3, 0.4) is 0 Å². The Labute approximate surface area is 123 Å². The third-order valence-corrected chi connectivity index (χ3v) is 3.03. The van der Waals surface area contributed by atoms with Crippen LogP contribution in [0.2, 0.25) is 0 Å². The van der Waals surface area contributed by atoms with E-state index in [1.807, 2.05) is 13.8 Å². The molecule has 0 aromatic heterocycles. The first-order chi connectivity index (χ1) is 9.85. The quantitative estimate of drug-likeness (QED) is 0.790. The molecule has 1 rings (SSSR count). The lowest BCUT2D eigenvalue weighted by molar-refractivity contribution is -0.274. The number of benzene rings is 1. The van der Waals surface area contributed by atoms with Gasteiger partial charge in [0.1, 0.15) is 5.75 Å². The molecule has 0 saturated heterocycles. The second kappa shape index (κ2) is 8.24. The van der Waals surface area contributed by atoms with E-state index >= 15 is 0 Å². The van der Waals surface area contributed by atoms with Gasteiger partial charge in [-0.2, -0.15) is 0 Å². The van der Waals surface area contributed by atoms with Crippen molar-refractivity contribution in [3.05, 3.63) is 29.8 Å². The second-order valence-electron chi connectivity index (χ2n) is 5.03. The van der Waals surface area contributed by atoms with Crippen molar-refractivity contribution < 1.29 is 22.6 Å². The third kappa shape index (κ3) is 6.82. The second-order valence-corrected chi connectivity index (χ2v) is 5.03. The average Bonchev–Trinajstić information content (AvgIpc) is 2.37. The van der Waals surface area contributed by atoms with Crippen molar-refractivity contribution in [1.82, 2.24) is 5.32 Å². The Bertz CT molecular complexity index is 424. The van der Waals surface area contributed by atoms with Gasteiger partial charge in [-0.25, -0.2) is 0 Å². The monoisotopic (exact) mass is 305 g/mol. The zero-order valence-electron chi connectivity index (χ0n) is 12.5. The van der Waals surface area contributed by atoms with Crippen molar-refractivity contribution in [2.45, 2.75) is 32.7 Å². The van der Waals surface area contributed by atoms with Gasteiger partial charge < -0.3 is 14.8 Å². The van der Waals surface area contributed by atoms with Gasteiger partial charge >= 0.3 is 6.36 Å². The Morgan fingerprint density at radius 3 is 2.57 bits per heavy atom. The minimum atomic E-state index is -4.67. The van der Waals surface area contributed by atoms with E-state index in [1.54, 1.807) is 19.2 Å². The molecule has 1 aromatic rings. The number of rotatable bonds is 8. The highest BCUT2D eigenvalue weighted by atomic mass is 19.4. The summed E-state index contributed by atoms with van der Waals surface area (Å²) in [5.41, 5.74) is 0.779. The molecule has 1 N–H and O–H groups in total. The first-order valence-electron chi connectivity index (χ1n) is 6.93. The fourth-order valence-corrected chi connectivity index (χ4v) is 2.27. The number of hydrogen-bond acceptors (Lipinski definition) is 3. The summed E-state index contributed by atoms with van der Waals surface area (Å²) in [6, 6.07) is 6.08. The van der Waals surface area contributed by atoms with Crippen molar-refractivity contribution >= 4 is 0 Å². The molecule has 3 nitrogen and oxygen atoms in total. The summed E-state index contributed by atoms with van der Waals surface area (Å²) >= 11 is 0. The molecule has 0 aliphatic carbocycles. The van der Waals surface area contributed by atoms with Gasteiger partial charge in [0.2, 0.25) is 0 Å². The fourth-order valence-electron chi connectivity index (χ4n) is 2.27. The molecule has 21 heavy (non-hydrogen) atoms. The molecular formula is C15H22F3NO2. The minimum Gasteiger partial charge on any atom is -0.406 e.